The van der Waals surface area contributed by atoms with E-state index in [0.717, 1.165) is 41.4 Å². The van der Waals surface area contributed by atoms with Gasteiger partial charge in [-0.05, 0) is 67.1 Å². The third kappa shape index (κ3) is 0.861. The van der Waals surface area contributed by atoms with Gasteiger partial charge in [0.1, 0.15) is 0 Å². The molecule has 0 aromatic rings. The minimum Gasteiger partial charge on any atom is -0.198 e. The zero-order chi connectivity index (χ0) is 10.2. The molecular formula is C14H19N. The number of rotatable bonds is 0. The molecule has 4 saturated carbocycles. The Balaban J connectivity index is 1.70. The maximum Gasteiger partial charge on any atom is 0.0658 e. The SMILES string of the molecule is CC1CC2CC1C1C3CC(C#N)C(C3)C21. The van der Waals surface area contributed by atoms with Crippen LogP contribution in [-0.2, 0) is 0 Å². The molecule has 4 bridgehead atoms. The first-order valence-electron chi connectivity index (χ1n) is 6.69. The van der Waals surface area contributed by atoms with Crippen LogP contribution in [0.2, 0.25) is 0 Å². The average molecular weight is 201 g/mol. The maximum absolute atomic E-state index is 9.18. The Hall–Kier alpha value is -0.510. The molecular weight excluding hydrogens is 182 g/mol. The first-order valence-corrected chi connectivity index (χ1v) is 6.69. The van der Waals surface area contributed by atoms with Crippen LogP contribution in [0.4, 0.5) is 0 Å². The molecule has 8 atom stereocenters. The summed E-state index contributed by atoms with van der Waals surface area (Å²) >= 11 is 0. The van der Waals surface area contributed by atoms with Crippen molar-refractivity contribution < 1.29 is 0 Å². The van der Waals surface area contributed by atoms with E-state index in [0.29, 0.717) is 5.92 Å². The van der Waals surface area contributed by atoms with E-state index in [2.05, 4.69) is 13.0 Å². The summed E-state index contributed by atoms with van der Waals surface area (Å²) in [6.07, 6.45) is 5.65. The second-order valence-corrected chi connectivity index (χ2v) is 6.66. The van der Waals surface area contributed by atoms with Crippen LogP contribution in [0, 0.1) is 58.7 Å². The highest BCUT2D eigenvalue weighted by Gasteiger charge is 2.63. The second kappa shape index (κ2) is 2.59. The predicted octanol–water partition coefficient (Wildman–Crippen LogP) is 3.07. The summed E-state index contributed by atoms with van der Waals surface area (Å²) in [5.74, 6) is 7.29. The zero-order valence-electron chi connectivity index (χ0n) is 9.39. The van der Waals surface area contributed by atoms with E-state index in [-0.39, 0.29) is 0 Å². The van der Waals surface area contributed by atoms with Crippen LogP contribution in [-0.4, -0.2) is 0 Å². The summed E-state index contributed by atoms with van der Waals surface area (Å²) in [7, 11) is 0. The van der Waals surface area contributed by atoms with Gasteiger partial charge in [0.05, 0.1) is 6.07 Å². The van der Waals surface area contributed by atoms with E-state index in [1.807, 2.05) is 0 Å². The molecule has 4 rings (SSSR count). The molecule has 0 amide bonds. The van der Waals surface area contributed by atoms with Crippen LogP contribution >= 0.6 is 0 Å². The molecule has 1 heteroatoms. The van der Waals surface area contributed by atoms with Crippen LogP contribution < -0.4 is 0 Å². The third-order valence-corrected chi connectivity index (χ3v) is 6.32. The van der Waals surface area contributed by atoms with Gasteiger partial charge in [-0.1, -0.05) is 6.92 Å². The number of nitriles is 1. The Morgan fingerprint density at radius 3 is 2.40 bits per heavy atom. The van der Waals surface area contributed by atoms with E-state index in [4.69, 9.17) is 0 Å². The van der Waals surface area contributed by atoms with Gasteiger partial charge < -0.3 is 0 Å². The fourth-order valence-electron chi connectivity index (χ4n) is 6.08. The number of fused-ring (bicyclic) bond motifs is 9. The van der Waals surface area contributed by atoms with Crippen molar-refractivity contribution in [2.45, 2.75) is 32.6 Å². The fraction of sp³-hybridized carbons (Fsp3) is 0.929. The van der Waals surface area contributed by atoms with Gasteiger partial charge in [0.2, 0.25) is 0 Å². The highest BCUT2D eigenvalue weighted by molar-refractivity contribution is 5.15. The van der Waals surface area contributed by atoms with Crippen LogP contribution in [0.3, 0.4) is 0 Å². The molecule has 80 valence electrons. The van der Waals surface area contributed by atoms with Gasteiger partial charge in [0, 0.05) is 5.92 Å². The lowest BCUT2D eigenvalue weighted by atomic mass is 9.65. The first-order chi connectivity index (χ1) is 7.29. The first kappa shape index (κ1) is 8.62. The summed E-state index contributed by atoms with van der Waals surface area (Å²) in [5.41, 5.74) is 0. The lowest BCUT2D eigenvalue weighted by Gasteiger charge is -2.39. The Morgan fingerprint density at radius 2 is 1.60 bits per heavy atom. The minimum absolute atomic E-state index is 0.436. The maximum atomic E-state index is 9.18. The molecule has 0 aromatic heterocycles. The van der Waals surface area contributed by atoms with Gasteiger partial charge >= 0.3 is 0 Å². The summed E-state index contributed by atoms with van der Waals surface area (Å²) in [5, 5.41) is 9.18. The Labute approximate surface area is 91.9 Å². The van der Waals surface area contributed by atoms with Crippen molar-refractivity contribution in [1.82, 2.24) is 0 Å². The summed E-state index contributed by atoms with van der Waals surface area (Å²) < 4.78 is 0. The highest BCUT2D eigenvalue weighted by Crippen LogP contribution is 2.69. The van der Waals surface area contributed by atoms with Gasteiger partial charge in [0.25, 0.3) is 0 Å². The summed E-state index contributed by atoms with van der Waals surface area (Å²) in [4.78, 5) is 0. The van der Waals surface area contributed by atoms with Gasteiger partial charge in [-0.3, -0.25) is 0 Å². The topological polar surface area (TPSA) is 23.8 Å². The number of hydrogen-bond acceptors (Lipinski definition) is 1. The molecule has 0 heterocycles. The Kier molecular flexibility index (Phi) is 1.49. The van der Waals surface area contributed by atoms with Crippen molar-refractivity contribution in [2.24, 2.45) is 47.3 Å². The van der Waals surface area contributed by atoms with Crippen molar-refractivity contribution in [1.29, 1.82) is 5.26 Å². The van der Waals surface area contributed by atoms with Crippen LogP contribution in [0.25, 0.3) is 0 Å². The van der Waals surface area contributed by atoms with Crippen molar-refractivity contribution in [3.05, 3.63) is 0 Å². The van der Waals surface area contributed by atoms with Gasteiger partial charge in [0.15, 0.2) is 0 Å². The largest absolute Gasteiger partial charge is 0.198 e. The summed E-state index contributed by atoms with van der Waals surface area (Å²) in [6.45, 7) is 2.47. The number of hydrogen-bond donors (Lipinski definition) is 0. The van der Waals surface area contributed by atoms with Crippen LogP contribution in [0.1, 0.15) is 32.6 Å². The molecule has 0 spiro atoms. The van der Waals surface area contributed by atoms with E-state index < -0.39 is 0 Å². The quantitative estimate of drug-likeness (QED) is 0.552. The summed E-state index contributed by atoms with van der Waals surface area (Å²) in [6, 6.07) is 2.58. The van der Waals surface area contributed by atoms with E-state index in [1.54, 1.807) is 0 Å². The molecule has 1 nitrogen and oxygen atoms in total. The molecule has 0 aromatic carbocycles. The Bertz CT molecular complexity index is 342. The van der Waals surface area contributed by atoms with Gasteiger partial charge in [-0.15, -0.1) is 0 Å². The standard InChI is InChI=1S/C14H19N/c1-7-2-8-4-11(7)13-9-3-10(6-15)12(5-9)14(8)13/h7-14H,2-5H2,1H3. The highest BCUT2D eigenvalue weighted by atomic mass is 14.7. The monoisotopic (exact) mass is 201 g/mol. The van der Waals surface area contributed by atoms with Crippen molar-refractivity contribution in [3.8, 4) is 6.07 Å². The molecule has 4 aliphatic carbocycles. The molecule has 4 aliphatic rings. The molecule has 15 heavy (non-hydrogen) atoms. The minimum atomic E-state index is 0.436. The lowest BCUT2D eigenvalue weighted by Crippen LogP contribution is -2.34. The van der Waals surface area contributed by atoms with Crippen LogP contribution in [0.15, 0.2) is 0 Å². The van der Waals surface area contributed by atoms with Crippen LogP contribution in [0.5, 0.6) is 0 Å². The molecule has 0 N–H and O–H groups in total. The lowest BCUT2D eigenvalue weighted by molar-refractivity contribution is 0.0948. The molecule has 0 radical (unpaired) electrons. The molecule has 4 fully saturated rings. The third-order valence-electron chi connectivity index (χ3n) is 6.32. The normalized spacial score (nSPS) is 64.5. The second-order valence-electron chi connectivity index (χ2n) is 6.66. The number of nitrogens with zero attached hydrogens (tertiary/aromatic N) is 1. The predicted molar refractivity (Wildman–Crippen MR) is 57.7 cm³/mol. The molecule has 0 saturated heterocycles. The van der Waals surface area contributed by atoms with Crippen molar-refractivity contribution in [2.75, 3.05) is 0 Å². The van der Waals surface area contributed by atoms with Crippen molar-refractivity contribution in [3.63, 3.8) is 0 Å². The van der Waals surface area contributed by atoms with Gasteiger partial charge in [-0.25, -0.2) is 0 Å². The fourth-order valence-corrected chi connectivity index (χ4v) is 6.08. The van der Waals surface area contributed by atoms with E-state index in [9.17, 15) is 5.26 Å². The Morgan fingerprint density at radius 1 is 0.933 bits per heavy atom. The molecule has 0 aliphatic heterocycles. The van der Waals surface area contributed by atoms with E-state index in [1.165, 1.54) is 25.7 Å². The molecule has 8 unspecified atom stereocenters. The van der Waals surface area contributed by atoms with Crippen molar-refractivity contribution >= 4 is 0 Å². The van der Waals surface area contributed by atoms with Gasteiger partial charge in [-0.2, -0.15) is 5.26 Å². The smallest absolute Gasteiger partial charge is 0.0658 e. The van der Waals surface area contributed by atoms with E-state index >= 15 is 0 Å². The zero-order valence-corrected chi connectivity index (χ0v) is 9.39. The average Bonchev–Trinajstić information content (AvgIpc) is 2.91.